The fraction of sp³-hybridized carbons (Fsp3) is 0.625. The molecule has 1 aromatic rings. The molecule has 1 saturated carbocycles. The predicted octanol–water partition coefficient (Wildman–Crippen LogP) is 3.18. The maximum absolute atomic E-state index is 10.6. The number of aliphatic hydroxyl groups is 1. The molecular formula is C16H24ClNO2. The van der Waals surface area contributed by atoms with Gasteiger partial charge in [0.2, 0.25) is 0 Å². The number of aryl methyl sites for hydroxylation is 2. The van der Waals surface area contributed by atoms with Crippen molar-refractivity contribution in [1.29, 1.82) is 0 Å². The maximum Gasteiger partial charge on any atom is 0.129 e. The molecule has 1 fully saturated rings. The van der Waals surface area contributed by atoms with Gasteiger partial charge in [-0.2, -0.15) is 0 Å². The van der Waals surface area contributed by atoms with Crippen molar-refractivity contribution in [2.45, 2.75) is 63.7 Å². The van der Waals surface area contributed by atoms with Gasteiger partial charge in [0, 0.05) is 5.56 Å². The number of halogens is 1. The lowest BCUT2D eigenvalue weighted by Gasteiger charge is -2.48. The van der Waals surface area contributed by atoms with Crippen molar-refractivity contribution in [3.8, 4) is 5.75 Å². The third-order valence-electron chi connectivity index (χ3n) is 4.72. The molecule has 112 valence electrons. The summed E-state index contributed by atoms with van der Waals surface area (Å²) in [6, 6.07) is 3.79. The van der Waals surface area contributed by atoms with Gasteiger partial charge in [0.25, 0.3) is 0 Å². The maximum atomic E-state index is 10.6. The van der Waals surface area contributed by atoms with Crippen LogP contribution in [0.2, 0.25) is 0 Å². The van der Waals surface area contributed by atoms with E-state index in [4.69, 9.17) is 10.5 Å². The molecule has 1 aromatic carbocycles. The lowest BCUT2D eigenvalue weighted by atomic mass is 9.74. The number of hydrogen-bond donors (Lipinski definition) is 2. The van der Waals surface area contributed by atoms with Crippen LogP contribution in [0, 0.1) is 13.8 Å². The van der Waals surface area contributed by atoms with Crippen LogP contribution in [0.25, 0.3) is 0 Å². The number of hydrogen-bond acceptors (Lipinski definition) is 3. The van der Waals surface area contributed by atoms with Crippen molar-refractivity contribution in [1.82, 2.24) is 0 Å². The molecule has 1 aliphatic carbocycles. The molecule has 3 rings (SSSR count). The van der Waals surface area contributed by atoms with Crippen LogP contribution in [0.4, 0.5) is 0 Å². The predicted molar refractivity (Wildman–Crippen MR) is 82.5 cm³/mol. The lowest BCUT2D eigenvalue weighted by molar-refractivity contribution is -0.0586. The zero-order valence-electron chi connectivity index (χ0n) is 12.2. The summed E-state index contributed by atoms with van der Waals surface area (Å²) in [4.78, 5) is 0. The number of rotatable bonds is 0. The Kier molecular flexibility index (Phi) is 4.33. The quantitative estimate of drug-likeness (QED) is 0.773. The van der Waals surface area contributed by atoms with Crippen molar-refractivity contribution in [3.05, 3.63) is 28.8 Å². The minimum absolute atomic E-state index is 0. The Labute approximate surface area is 126 Å². The summed E-state index contributed by atoms with van der Waals surface area (Å²) in [6.45, 7) is 4.09. The molecule has 3 nitrogen and oxygen atoms in total. The van der Waals surface area contributed by atoms with E-state index in [9.17, 15) is 5.11 Å². The third kappa shape index (κ3) is 2.32. The van der Waals surface area contributed by atoms with Gasteiger partial charge in [0.15, 0.2) is 0 Å². The van der Waals surface area contributed by atoms with Crippen LogP contribution in [0.3, 0.4) is 0 Å². The zero-order chi connectivity index (χ0) is 13.6. The topological polar surface area (TPSA) is 55.5 Å². The first-order valence-electron chi connectivity index (χ1n) is 7.27. The molecule has 4 heteroatoms. The van der Waals surface area contributed by atoms with E-state index in [1.165, 1.54) is 6.42 Å². The van der Waals surface area contributed by atoms with E-state index in [2.05, 4.69) is 6.07 Å². The molecule has 2 unspecified atom stereocenters. The van der Waals surface area contributed by atoms with Crippen molar-refractivity contribution >= 4 is 12.4 Å². The number of fused-ring (bicyclic) bond motifs is 1. The number of aliphatic hydroxyl groups excluding tert-OH is 1. The second-order valence-electron chi connectivity index (χ2n) is 6.20. The second-order valence-corrected chi connectivity index (χ2v) is 6.20. The van der Waals surface area contributed by atoms with E-state index in [1.807, 2.05) is 19.9 Å². The van der Waals surface area contributed by atoms with Gasteiger partial charge in [0.1, 0.15) is 17.5 Å². The molecule has 1 heterocycles. The van der Waals surface area contributed by atoms with Crippen LogP contribution in [0.15, 0.2) is 12.1 Å². The molecule has 3 N–H and O–H groups in total. The van der Waals surface area contributed by atoms with E-state index in [0.717, 1.165) is 48.1 Å². The minimum atomic E-state index is -0.611. The SMILES string of the molecule is Cc1cc(C)c2c(c1)C(O)C(N)C1(CCCCC1)O2.Cl. The van der Waals surface area contributed by atoms with Gasteiger partial charge in [0.05, 0.1) is 6.04 Å². The smallest absolute Gasteiger partial charge is 0.129 e. The second kappa shape index (κ2) is 5.55. The summed E-state index contributed by atoms with van der Waals surface area (Å²) in [5.74, 6) is 0.863. The standard InChI is InChI=1S/C16H23NO2.ClH/c1-10-8-11(2)14-12(9-10)13(18)15(17)16(19-14)6-4-3-5-7-16;/h8-9,13,15,18H,3-7,17H2,1-2H3;1H. The first-order valence-corrected chi connectivity index (χ1v) is 7.27. The van der Waals surface area contributed by atoms with Crippen molar-refractivity contribution in [2.75, 3.05) is 0 Å². The van der Waals surface area contributed by atoms with Gasteiger partial charge in [-0.15, -0.1) is 12.4 Å². The Morgan fingerprint density at radius 1 is 1.20 bits per heavy atom. The van der Waals surface area contributed by atoms with Gasteiger partial charge in [-0.05, 0) is 51.2 Å². The molecular weight excluding hydrogens is 274 g/mol. The average Bonchev–Trinajstić information content (AvgIpc) is 2.39. The number of benzene rings is 1. The summed E-state index contributed by atoms with van der Waals surface area (Å²) in [7, 11) is 0. The fourth-order valence-corrected chi connectivity index (χ4v) is 3.68. The highest BCUT2D eigenvalue weighted by atomic mass is 35.5. The van der Waals surface area contributed by atoms with Crippen LogP contribution in [0.5, 0.6) is 5.75 Å². The Morgan fingerprint density at radius 3 is 2.50 bits per heavy atom. The van der Waals surface area contributed by atoms with Crippen LogP contribution in [-0.4, -0.2) is 16.7 Å². The third-order valence-corrected chi connectivity index (χ3v) is 4.72. The Morgan fingerprint density at radius 2 is 1.85 bits per heavy atom. The number of ether oxygens (including phenoxy) is 1. The van der Waals surface area contributed by atoms with Gasteiger partial charge in [-0.25, -0.2) is 0 Å². The zero-order valence-corrected chi connectivity index (χ0v) is 13.0. The molecule has 2 atom stereocenters. The van der Waals surface area contributed by atoms with E-state index in [0.29, 0.717) is 0 Å². The summed E-state index contributed by atoms with van der Waals surface area (Å²) in [6.07, 6.45) is 4.82. The molecule has 0 saturated heterocycles. The summed E-state index contributed by atoms with van der Waals surface area (Å²) < 4.78 is 6.34. The Bertz CT molecular complexity index is 497. The van der Waals surface area contributed by atoms with E-state index in [1.54, 1.807) is 0 Å². The fourth-order valence-electron chi connectivity index (χ4n) is 3.68. The Hall–Kier alpha value is -0.770. The highest BCUT2D eigenvalue weighted by Gasteiger charge is 2.48. The average molecular weight is 298 g/mol. The molecule has 0 radical (unpaired) electrons. The van der Waals surface area contributed by atoms with Crippen molar-refractivity contribution in [3.63, 3.8) is 0 Å². The minimum Gasteiger partial charge on any atom is -0.485 e. The normalized spacial score (nSPS) is 27.4. The van der Waals surface area contributed by atoms with Gasteiger partial charge in [-0.3, -0.25) is 0 Å². The molecule has 0 aromatic heterocycles. The molecule has 2 aliphatic rings. The van der Waals surface area contributed by atoms with Gasteiger partial charge in [-0.1, -0.05) is 18.1 Å². The van der Waals surface area contributed by atoms with Crippen LogP contribution in [-0.2, 0) is 0 Å². The number of nitrogens with two attached hydrogens (primary N) is 1. The van der Waals surface area contributed by atoms with Gasteiger partial charge >= 0.3 is 0 Å². The highest BCUT2D eigenvalue weighted by molar-refractivity contribution is 5.85. The summed E-state index contributed by atoms with van der Waals surface area (Å²) in [5, 5.41) is 10.6. The first kappa shape index (κ1) is 15.6. The van der Waals surface area contributed by atoms with E-state index < -0.39 is 6.10 Å². The summed E-state index contributed by atoms with van der Waals surface area (Å²) >= 11 is 0. The lowest BCUT2D eigenvalue weighted by Crippen LogP contribution is -2.58. The highest BCUT2D eigenvalue weighted by Crippen LogP contribution is 2.46. The van der Waals surface area contributed by atoms with Crippen LogP contribution >= 0.6 is 12.4 Å². The first-order chi connectivity index (χ1) is 9.03. The van der Waals surface area contributed by atoms with Gasteiger partial charge < -0.3 is 15.6 Å². The summed E-state index contributed by atoms with van der Waals surface area (Å²) in [5.41, 5.74) is 9.08. The van der Waals surface area contributed by atoms with Crippen LogP contribution in [0.1, 0.15) is 54.9 Å². The van der Waals surface area contributed by atoms with E-state index >= 15 is 0 Å². The Balaban J connectivity index is 0.00000147. The monoisotopic (exact) mass is 297 g/mol. The van der Waals surface area contributed by atoms with E-state index in [-0.39, 0.29) is 24.0 Å². The molecule has 0 bridgehead atoms. The molecule has 1 spiro atoms. The van der Waals surface area contributed by atoms with Crippen molar-refractivity contribution < 1.29 is 9.84 Å². The molecule has 1 aliphatic heterocycles. The molecule has 0 amide bonds. The molecule has 20 heavy (non-hydrogen) atoms. The van der Waals surface area contributed by atoms with Crippen LogP contribution < -0.4 is 10.5 Å². The van der Waals surface area contributed by atoms with Crippen molar-refractivity contribution in [2.24, 2.45) is 5.73 Å². The largest absolute Gasteiger partial charge is 0.485 e.